The largest absolute Gasteiger partial charge is 0.317 e. The average molecular weight is 173 g/mol. The summed E-state index contributed by atoms with van der Waals surface area (Å²) in [5.41, 5.74) is 0. The number of hydrogen-bond donors (Lipinski definition) is 1. The molecule has 0 saturated carbocycles. The number of rotatable bonds is 3. The Hall–Kier alpha value is -0.110. The lowest BCUT2D eigenvalue weighted by Gasteiger charge is -2.26. The van der Waals surface area contributed by atoms with E-state index < -0.39 is 6.17 Å². The number of hydrogen-bond acceptors (Lipinski definition) is 1. The summed E-state index contributed by atoms with van der Waals surface area (Å²) < 4.78 is 13.5. The van der Waals surface area contributed by atoms with E-state index in [9.17, 15) is 4.39 Å². The van der Waals surface area contributed by atoms with Gasteiger partial charge in [-0.25, -0.2) is 4.39 Å². The van der Waals surface area contributed by atoms with Crippen LogP contribution in [0, 0.1) is 11.8 Å². The van der Waals surface area contributed by atoms with Crippen LogP contribution < -0.4 is 5.32 Å². The zero-order valence-electron chi connectivity index (χ0n) is 8.15. The summed E-state index contributed by atoms with van der Waals surface area (Å²) in [5.74, 6) is 0.823. The van der Waals surface area contributed by atoms with E-state index in [2.05, 4.69) is 19.2 Å². The standard InChI is InChI=1S/C10H20FN/c1-8(2)7-10(11)9-3-5-12-6-4-9/h8-10,12H,3-7H2,1-2H3. The quantitative estimate of drug-likeness (QED) is 0.691. The summed E-state index contributed by atoms with van der Waals surface area (Å²) in [6, 6.07) is 0. The number of alkyl halides is 1. The number of piperidine rings is 1. The lowest BCUT2D eigenvalue weighted by molar-refractivity contribution is 0.162. The van der Waals surface area contributed by atoms with Crippen LogP contribution in [0.4, 0.5) is 4.39 Å². The van der Waals surface area contributed by atoms with Crippen molar-refractivity contribution in [2.75, 3.05) is 13.1 Å². The molecule has 1 rings (SSSR count). The molecule has 1 nitrogen and oxygen atoms in total. The van der Waals surface area contributed by atoms with Gasteiger partial charge in [0.2, 0.25) is 0 Å². The Balaban J connectivity index is 2.24. The van der Waals surface area contributed by atoms with Crippen LogP contribution in [0.5, 0.6) is 0 Å². The average Bonchev–Trinajstić information content (AvgIpc) is 2.05. The normalized spacial score (nSPS) is 23.0. The monoisotopic (exact) mass is 173 g/mol. The molecule has 1 aliphatic rings. The van der Waals surface area contributed by atoms with Gasteiger partial charge < -0.3 is 5.32 Å². The molecule has 0 spiro atoms. The van der Waals surface area contributed by atoms with Gasteiger partial charge in [-0.05, 0) is 44.2 Å². The molecule has 12 heavy (non-hydrogen) atoms. The van der Waals surface area contributed by atoms with Crippen molar-refractivity contribution in [2.45, 2.75) is 39.3 Å². The van der Waals surface area contributed by atoms with E-state index in [1.54, 1.807) is 0 Å². The Bertz CT molecular complexity index is 119. The fraction of sp³-hybridized carbons (Fsp3) is 1.00. The highest BCUT2D eigenvalue weighted by molar-refractivity contribution is 4.76. The van der Waals surface area contributed by atoms with E-state index in [0.717, 1.165) is 32.4 Å². The second kappa shape index (κ2) is 4.80. The number of halogens is 1. The van der Waals surface area contributed by atoms with E-state index in [1.165, 1.54) is 0 Å². The van der Waals surface area contributed by atoms with Crippen LogP contribution in [0.1, 0.15) is 33.1 Å². The van der Waals surface area contributed by atoms with Crippen LogP contribution in [0.2, 0.25) is 0 Å². The Morgan fingerprint density at radius 1 is 1.33 bits per heavy atom. The van der Waals surface area contributed by atoms with Crippen LogP contribution in [-0.4, -0.2) is 19.3 Å². The maximum absolute atomic E-state index is 13.5. The van der Waals surface area contributed by atoms with Crippen molar-refractivity contribution in [1.29, 1.82) is 0 Å². The predicted octanol–water partition coefficient (Wildman–Crippen LogP) is 2.37. The molecule has 0 amide bonds. The van der Waals surface area contributed by atoms with Crippen LogP contribution in [-0.2, 0) is 0 Å². The van der Waals surface area contributed by atoms with E-state index in [-0.39, 0.29) is 0 Å². The molecule has 72 valence electrons. The molecule has 0 aromatic rings. The molecular weight excluding hydrogens is 153 g/mol. The van der Waals surface area contributed by atoms with Crippen LogP contribution in [0.15, 0.2) is 0 Å². The molecule has 0 aromatic heterocycles. The summed E-state index contributed by atoms with van der Waals surface area (Å²) in [6.07, 6.45) is 2.22. The van der Waals surface area contributed by atoms with E-state index >= 15 is 0 Å². The first kappa shape index (κ1) is 9.97. The van der Waals surface area contributed by atoms with Crippen molar-refractivity contribution in [1.82, 2.24) is 5.32 Å². The highest BCUT2D eigenvalue weighted by Gasteiger charge is 2.23. The first-order valence-electron chi connectivity index (χ1n) is 5.05. The second-order valence-corrected chi connectivity index (χ2v) is 4.23. The predicted molar refractivity (Wildman–Crippen MR) is 49.9 cm³/mol. The van der Waals surface area contributed by atoms with E-state index in [1.807, 2.05) is 0 Å². The smallest absolute Gasteiger partial charge is 0.103 e. The minimum atomic E-state index is -0.563. The number of nitrogens with one attached hydrogen (secondary N) is 1. The zero-order chi connectivity index (χ0) is 8.97. The molecule has 1 aliphatic heterocycles. The van der Waals surface area contributed by atoms with Gasteiger partial charge in [0.15, 0.2) is 0 Å². The van der Waals surface area contributed by atoms with Crippen LogP contribution in [0.3, 0.4) is 0 Å². The van der Waals surface area contributed by atoms with Crippen molar-refractivity contribution in [3.63, 3.8) is 0 Å². The highest BCUT2D eigenvalue weighted by Crippen LogP contribution is 2.23. The molecule has 1 fully saturated rings. The molecule has 1 unspecified atom stereocenters. The van der Waals surface area contributed by atoms with Crippen LogP contribution in [0.25, 0.3) is 0 Å². The fourth-order valence-electron chi connectivity index (χ4n) is 1.85. The van der Waals surface area contributed by atoms with Crippen molar-refractivity contribution in [3.05, 3.63) is 0 Å². The van der Waals surface area contributed by atoms with Crippen molar-refractivity contribution in [3.8, 4) is 0 Å². The van der Waals surface area contributed by atoms with Gasteiger partial charge in [0, 0.05) is 0 Å². The first-order valence-corrected chi connectivity index (χ1v) is 5.05. The molecule has 1 atom stereocenters. The first-order chi connectivity index (χ1) is 5.70. The molecule has 0 radical (unpaired) electrons. The van der Waals surface area contributed by atoms with Crippen molar-refractivity contribution in [2.24, 2.45) is 11.8 Å². The van der Waals surface area contributed by atoms with Gasteiger partial charge in [-0.3, -0.25) is 0 Å². The minimum Gasteiger partial charge on any atom is -0.317 e. The zero-order valence-corrected chi connectivity index (χ0v) is 8.15. The lowest BCUT2D eigenvalue weighted by atomic mass is 9.89. The van der Waals surface area contributed by atoms with Gasteiger partial charge in [-0.15, -0.1) is 0 Å². The molecule has 0 bridgehead atoms. The Morgan fingerprint density at radius 3 is 2.42 bits per heavy atom. The molecule has 0 aliphatic carbocycles. The van der Waals surface area contributed by atoms with E-state index in [4.69, 9.17) is 0 Å². The van der Waals surface area contributed by atoms with Gasteiger partial charge in [0.25, 0.3) is 0 Å². The summed E-state index contributed by atoms with van der Waals surface area (Å²) in [7, 11) is 0. The maximum atomic E-state index is 13.5. The molecule has 0 aromatic carbocycles. The second-order valence-electron chi connectivity index (χ2n) is 4.23. The van der Waals surface area contributed by atoms with Gasteiger partial charge in [-0.1, -0.05) is 13.8 Å². The summed E-state index contributed by atoms with van der Waals surface area (Å²) in [4.78, 5) is 0. The topological polar surface area (TPSA) is 12.0 Å². The molecule has 2 heteroatoms. The maximum Gasteiger partial charge on any atom is 0.103 e. The Labute approximate surface area is 74.7 Å². The Kier molecular flexibility index (Phi) is 3.99. The van der Waals surface area contributed by atoms with Gasteiger partial charge in [0.05, 0.1) is 0 Å². The SMILES string of the molecule is CC(C)CC(F)C1CCNCC1. The third-order valence-corrected chi connectivity index (χ3v) is 2.59. The third kappa shape index (κ3) is 3.10. The van der Waals surface area contributed by atoms with Crippen LogP contribution >= 0.6 is 0 Å². The van der Waals surface area contributed by atoms with E-state index in [0.29, 0.717) is 11.8 Å². The van der Waals surface area contributed by atoms with Gasteiger partial charge >= 0.3 is 0 Å². The van der Waals surface area contributed by atoms with Crippen molar-refractivity contribution < 1.29 is 4.39 Å². The molecule has 1 N–H and O–H groups in total. The molecule has 1 heterocycles. The third-order valence-electron chi connectivity index (χ3n) is 2.59. The van der Waals surface area contributed by atoms with Gasteiger partial charge in [0.1, 0.15) is 6.17 Å². The summed E-state index contributed by atoms with van der Waals surface area (Å²) in [5, 5.41) is 3.26. The minimum absolute atomic E-state index is 0.327. The Morgan fingerprint density at radius 2 is 1.92 bits per heavy atom. The summed E-state index contributed by atoms with van der Waals surface area (Å²) in [6.45, 7) is 6.19. The molecule has 1 saturated heterocycles. The highest BCUT2D eigenvalue weighted by atomic mass is 19.1. The summed E-state index contributed by atoms with van der Waals surface area (Å²) >= 11 is 0. The molecular formula is C10H20FN. The van der Waals surface area contributed by atoms with Gasteiger partial charge in [-0.2, -0.15) is 0 Å². The lowest BCUT2D eigenvalue weighted by Crippen LogP contribution is -2.32. The van der Waals surface area contributed by atoms with Crippen molar-refractivity contribution >= 4 is 0 Å². The fourth-order valence-corrected chi connectivity index (χ4v) is 1.85.